The molecule has 0 amide bonds. The molecule has 3 N–H and O–H groups in total. The van der Waals surface area contributed by atoms with Crippen molar-refractivity contribution in [3.63, 3.8) is 0 Å². The van der Waals surface area contributed by atoms with Crippen LogP contribution in [-0.2, 0) is 0 Å². The molecule has 1 heterocycles. The summed E-state index contributed by atoms with van der Waals surface area (Å²) in [5.74, 6) is 1.41. The molecule has 0 radical (unpaired) electrons. The van der Waals surface area contributed by atoms with Gasteiger partial charge in [-0.25, -0.2) is 9.78 Å². The first-order valence-electron chi connectivity index (χ1n) is 8.65. The summed E-state index contributed by atoms with van der Waals surface area (Å²) in [5, 5.41) is 23.1. The van der Waals surface area contributed by atoms with Crippen molar-refractivity contribution >= 4 is 11.7 Å². The second-order valence-corrected chi connectivity index (χ2v) is 7.91. The van der Waals surface area contributed by atoms with Crippen LogP contribution in [0.15, 0.2) is 18.3 Å². The predicted octanol–water partition coefficient (Wildman–Crippen LogP) is 2.77. The van der Waals surface area contributed by atoms with Crippen molar-refractivity contribution in [3.8, 4) is 0 Å². The van der Waals surface area contributed by atoms with E-state index in [1.165, 1.54) is 50.8 Å². The van der Waals surface area contributed by atoms with Gasteiger partial charge in [-0.3, -0.25) is 0 Å². The first-order valence-corrected chi connectivity index (χ1v) is 8.65. The van der Waals surface area contributed by atoms with E-state index < -0.39 is 5.97 Å². The molecule has 4 aliphatic rings. The Balaban J connectivity index is 1.43. The van der Waals surface area contributed by atoms with E-state index in [0.717, 1.165) is 17.8 Å². The fraction of sp³-hybridized carbons (Fsp3) is 0.667. The molecule has 5 nitrogen and oxygen atoms in total. The van der Waals surface area contributed by atoms with Crippen LogP contribution in [0.1, 0.15) is 49.0 Å². The lowest BCUT2D eigenvalue weighted by atomic mass is 9.48. The van der Waals surface area contributed by atoms with E-state index in [2.05, 4.69) is 10.3 Å². The molecule has 124 valence electrons. The van der Waals surface area contributed by atoms with Gasteiger partial charge in [-0.2, -0.15) is 0 Å². The van der Waals surface area contributed by atoms with E-state index in [9.17, 15) is 9.90 Å². The van der Waals surface area contributed by atoms with E-state index in [4.69, 9.17) is 5.11 Å². The number of nitrogens with zero attached hydrogens (tertiary/aromatic N) is 1. The average Bonchev–Trinajstić information content (AvgIpc) is 2.51. The number of aliphatic hydroxyl groups is 1. The predicted molar refractivity (Wildman–Crippen MR) is 86.3 cm³/mol. The number of aliphatic hydroxyl groups excluding tert-OH is 1. The third kappa shape index (κ3) is 2.71. The van der Waals surface area contributed by atoms with Gasteiger partial charge in [0.05, 0.1) is 6.10 Å². The molecule has 0 saturated heterocycles. The molecule has 1 atom stereocenters. The Labute approximate surface area is 136 Å². The van der Waals surface area contributed by atoms with Crippen molar-refractivity contribution in [3.05, 3.63) is 24.0 Å². The summed E-state index contributed by atoms with van der Waals surface area (Å²) in [7, 11) is 0. The van der Waals surface area contributed by atoms with Gasteiger partial charge in [-0.05, 0) is 73.8 Å². The van der Waals surface area contributed by atoms with Gasteiger partial charge in [0.15, 0.2) is 0 Å². The number of aromatic nitrogens is 1. The Kier molecular flexibility index (Phi) is 3.56. The second kappa shape index (κ2) is 5.48. The number of carboxylic acid groups (broad SMARTS) is 1. The first-order chi connectivity index (χ1) is 11.0. The molecule has 4 saturated carbocycles. The Morgan fingerprint density at radius 2 is 1.87 bits per heavy atom. The van der Waals surface area contributed by atoms with Crippen molar-refractivity contribution < 1.29 is 15.0 Å². The van der Waals surface area contributed by atoms with Crippen LogP contribution in [0.5, 0.6) is 0 Å². The third-order valence-corrected chi connectivity index (χ3v) is 6.27. The summed E-state index contributed by atoms with van der Waals surface area (Å²) >= 11 is 0. The van der Waals surface area contributed by atoms with E-state index in [1.807, 2.05) is 0 Å². The molecule has 4 bridgehead atoms. The topological polar surface area (TPSA) is 82.5 Å². The SMILES string of the molecule is O=C(O)c1cc(NCC(O)C23CC4CC(CC(C4)C2)C3)ccn1. The van der Waals surface area contributed by atoms with Crippen molar-refractivity contribution in [1.29, 1.82) is 0 Å². The minimum atomic E-state index is -1.03. The largest absolute Gasteiger partial charge is 0.477 e. The van der Waals surface area contributed by atoms with E-state index in [-0.39, 0.29) is 17.2 Å². The molecule has 1 aromatic rings. The number of carbonyl (C=O) groups is 1. The van der Waals surface area contributed by atoms with Gasteiger partial charge < -0.3 is 15.5 Å². The zero-order valence-corrected chi connectivity index (χ0v) is 13.2. The summed E-state index contributed by atoms with van der Waals surface area (Å²) in [5.41, 5.74) is 0.824. The highest BCUT2D eigenvalue weighted by Gasteiger charge is 2.53. The van der Waals surface area contributed by atoms with E-state index in [1.54, 1.807) is 6.07 Å². The maximum Gasteiger partial charge on any atom is 0.354 e. The summed E-state index contributed by atoms with van der Waals surface area (Å²) in [4.78, 5) is 14.8. The zero-order chi connectivity index (χ0) is 16.0. The number of rotatable bonds is 5. The molecule has 0 aliphatic heterocycles. The lowest BCUT2D eigenvalue weighted by Crippen LogP contribution is -2.53. The number of hydrogen-bond acceptors (Lipinski definition) is 4. The molecular formula is C18H24N2O3. The van der Waals surface area contributed by atoms with Gasteiger partial charge in [-0.15, -0.1) is 0 Å². The van der Waals surface area contributed by atoms with Crippen LogP contribution in [0.4, 0.5) is 5.69 Å². The highest BCUT2D eigenvalue weighted by Crippen LogP contribution is 2.61. The first kappa shape index (κ1) is 14.9. The maximum atomic E-state index is 11.0. The van der Waals surface area contributed by atoms with Gasteiger partial charge in [0.1, 0.15) is 5.69 Å². The van der Waals surface area contributed by atoms with E-state index >= 15 is 0 Å². The van der Waals surface area contributed by atoms with Gasteiger partial charge in [-0.1, -0.05) is 0 Å². The summed E-state index contributed by atoms with van der Waals surface area (Å²) in [6.45, 7) is 0.481. The van der Waals surface area contributed by atoms with Crippen LogP contribution in [-0.4, -0.2) is 33.8 Å². The lowest BCUT2D eigenvalue weighted by molar-refractivity contribution is -0.115. The summed E-state index contributed by atoms with van der Waals surface area (Å²) < 4.78 is 0. The Bertz CT molecular complexity index is 581. The molecule has 4 fully saturated rings. The molecule has 5 rings (SSSR count). The monoisotopic (exact) mass is 316 g/mol. The summed E-state index contributed by atoms with van der Waals surface area (Å²) in [6.07, 6.45) is 8.72. The maximum absolute atomic E-state index is 11.0. The Morgan fingerprint density at radius 3 is 2.43 bits per heavy atom. The molecule has 1 unspecified atom stereocenters. The van der Waals surface area contributed by atoms with Gasteiger partial charge in [0.25, 0.3) is 0 Å². The average molecular weight is 316 g/mol. The van der Waals surface area contributed by atoms with Gasteiger partial charge >= 0.3 is 5.97 Å². The van der Waals surface area contributed by atoms with Crippen LogP contribution < -0.4 is 5.32 Å². The molecule has 0 aromatic carbocycles. The number of carboxylic acids is 1. The molecule has 5 heteroatoms. The zero-order valence-electron chi connectivity index (χ0n) is 13.2. The quantitative estimate of drug-likeness (QED) is 0.778. The number of pyridine rings is 1. The van der Waals surface area contributed by atoms with E-state index in [0.29, 0.717) is 12.2 Å². The molecule has 23 heavy (non-hydrogen) atoms. The molecule has 0 spiro atoms. The van der Waals surface area contributed by atoms with Gasteiger partial charge in [0, 0.05) is 18.4 Å². The van der Waals surface area contributed by atoms with Crippen molar-refractivity contribution in [2.24, 2.45) is 23.2 Å². The number of nitrogens with one attached hydrogen (secondary N) is 1. The minimum absolute atomic E-state index is 0.0271. The van der Waals surface area contributed by atoms with Crippen LogP contribution in [0, 0.1) is 23.2 Å². The molecule has 4 aliphatic carbocycles. The lowest BCUT2D eigenvalue weighted by Gasteiger charge is -2.58. The van der Waals surface area contributed by atoms with Crippen molar-refractivity contribution in [2.45, 2.75) is 44.6 Å². The fourth-order valence-corrected chi connectivity index (χ4v) is 5.67. The van der Waals surface area contributed by atoms with Crippen LogP contribution in [0.2, 0.25) is 0 Å². The van der Waals surface area contributed by atoms with Gasteiger partial charge in [0.2, 0.25) is 0 Å². The Morgan fingerprint density at radius 1 is 1.26 bits per heavy atom. The van der Waals surface area contributed by atoms with Crippen molar-refractivity contribution in [1.82, 2.24) is 4.98 Å². The number of hydrogen-bond donors (Lipinski definition) is 3. The third-order valence-electron chi connectivity index (χ3n) is 6.27. The Hall–Kier alpha value is -1.62. The minimum Gasteiger partial charge on any atom is -0.477 e. The van der Waals surface area contributed by atoms with Crippen LogP contribution in [0.3, 0.4) is 0 Å². The highest BCUT2D eigenvalue weighted by atomic mass is 16.4. The number of anilines is 1. The normalized spacial score (nSPS) is 36.0. The highest BCUT2D eigenvalue weighted by molar-refractivity contribution is 5.86. The smallest absolute Gasteiger partial charge is 0.354 e. The van der Waals surface area contributed by atoms with Crippen molar-refractivity contribution in [2.75, 3.05) is 11.9 Å². The van der Waals surface area contributed by atoms with Crippen LogP contribution >= 0.6 is 0 Å². The number of aromatic carboxylic acids is 1. The fourth-order valence-electron chi connectivity index (χ4n) is 5.67. The van der Waals surface area contributed by atoms with Crippen LogP contribution in [0.25, 0.3) is 0 Å². The summed E-state index contributed by atoms with van der Waals surface area (Å²) in [6, 6.07) is 3.27. The second-order valence-electron chi connectivity index (χ2n) is 7.91. The molecule has 1 aromatic heterocycles. The molecular weight excluding hydrogens is 292 g/mol. The standard InChI is InChI=1S/C18H24N2O3/c21-16(10-20-14-1-2-19-15(6-14)17(22)23)18-7-11-3-12(8-18)5-13(4-11)9-18/h1-2,6,11-13,16,21H,3-5,7-10H2,(H,19,20)(H,22,23).